The summed E-state index contributed by atoms with van der Waals surface area (Å²) in [4.78, 5) is 4.52. The molecular weight excluding hydrogens is 293 g/mol. The van der Waals surface area contributed by atoms with Crippen LogP contribution in [0.3, 0.4) is 0 Å². The van der Waals surface area contributed by atoms with Crippen molar-refractivity contribution in [3.05, 3.63) is 52.9 Å². The van der Waals surface area contributed by atoms with Crippen molar-refractivity contribution in [1.82, 2.24) is 4.98 Å². The van der Waals surface area contributed by atoms with E-state index in [-0.39, 0.29) is 5.82 Å². The second-order valence-electron chi connectivity index (χ2n) is 3.01. The fourth-order valence-electron chi connectivity index (χ4n) is 1.19. The van der Waals surface area contributed by atoms with Crippen LogP contribution >= 0.6 is 15.9 Å². The number of benzene rings is 1. The van der Waals surface area contributed by atoms with E-state index in [4.69, 9.17) is 0 Å². The molecule has 0 saturated heterocycles. The van der Waals surface area contributed by atoms with Gasteiger partial charge in [-0.2, -0.15) is 0 Å². The minimum absolute atomic E-state index is 0.367. The van der Waals surface area contributed by atoms with E-state index in [9.17, 15) is 8.60 Å². The summed E-state index contributed by atoms with van der Waals surface area (Å²) in [7, 11) is -1.39. The molecule has 1 unspecified atom stereocenters. The molecular formula is C11H7BrFNOS. The van der Waals surface area contributed by atoms with Crippen molar-refractivity contribution >= 4 is 26.7 Å². The van der Waals surface area contributed by atoms with Gasteiger partial charge in [-0.1, -0.05) is 6.07 Å². The third-order valence-electron chi connectivity index (χ3n) is 1.92. The molecule has 1 heterocycles. The van der Waals surface area contributed by atoms with Crippen molar-refractivity contribution in [3.8, 4) is 0 Å². The van der Waals surface area contributed by atoms with E-state index in [1.54, 1.807) is 24.4 Å². The Kier molecular flexibility index (Phi) is 3.46. The predicted molar refractivity (Wildman–Crippen MR) is 63.0 cm³/mol. The van der Waals surface area contributed by atoms with Gasteiger partial charge in [0.05, 0.1) is 4.90 Å². The Labute approximate surface area is 103 Å². The van der Waals surface area contributed by atoms with Gasteiger partial charge in [0.1, 0.15) is 21.6 Å². The second-order valence-corrected chi connectivity index (χ2v) is 5.26. The van der Waals surface area contributed by atoms with Crippen molar-refractivity contribution in [2.75, 3.05) is 0 Å². The number of rotatable bonds is 2. The van der Waals surface area contributed by atoms with Gasteiger partial charge in [-0.25, -0.2) is 13.6 Å². The van der Waals surface area contributed by atoms with Crippen molar-refractivity contribution in [1.29, 1.82) is 0 Å². The predicted octanol–water partition coefficient (Wildman–Crippen LogP) is 3.15. The highest BCUT2D eigenvalue weighted by atomic mass is 79.9. The van der Waals surface area contributed by atoms with Crippen LogP contribution in [0.15, 0.2) is 57.0 Å². The maximum Gasteiger partial charge on any atom is 0.132 e. The fourth-order valence-corrected chi connectivity index (χ4v) is 3.00. The molecule has 82 valence electrons. The molecule has 0 amide bonds. The summed E-state index contributed by atoms with van der Waals surface area (Å²) in [5.41, 5.74) is 0. The van der Waals surface area contributed by atoms with E-state index in [0.717, 1.165) is 0 Å². The van der Waals surface area contributed by atoms with Crippen molar-refractivity contribution in [2.45, 2.75) is 9.92 Å². The quantitative estimate of drug-likeness (QED) is 0.853. The Balaban J connectivity index is 2.42. The highest BCUT2D eigenvalue weighted by Gasteiger charge is 2.12. The molecule has 0 N–H and O–H groups in total. The zero-order valence-electron chi connectivity index (χ0n) is 8.06. The van der Waals surface area contributed by atoms with Crippen LogP contribution in [-0.2, 0) is 10.8 Å². The van der Waals surface area contributed by atoms with Gasteiger partial charge >= 0.3 is 0 Å². The monoisotopic (exact) mass is 299 g/mol. The maximum atomic E-state index is 12.9. The van der Waals surface area contributed by atoms with Gasteiger partial charge in [0, 0.05) is 10.7 Å². The lowest BCUT2D eigenvalue weighted by molar-refractivity contribution is 0.625. The van der Waals surface area contributed by atoms with E-state index < -0.39 is 10.8 Å². The molecule has 0 aliphatic heterocycles. The standard InChI is InChI=1S/C11H7BrFNOS/c12-9-7-8(13)4-5-10(9)16(15)11-3-1-2-6-14-11/h1-7H. The maximum absolute atomic E-state index is 12.9. The van der Waals surface area contributed by atoms with E-state index in [1.165, 1.54) is 18.2 Å². The summed E-state index contributed by atoms with van der Waals surface area (Å²) in [6.45, 7) is 0. The molecule has 1 aromatic heterocycles. The lowest BCUT2D eigenvalue weighted by Gasteiger charge is -2.03. The molecule has 0 fully saturated rings. The van der Waals surface area contributed by atoms with Crippen LogP contribution in [0.25, 0.3) is 0 Å². The van der Waals surface area contributed by atoms with Crippen LogP contribution < -0.4 is 0 Å². The van der Waals surface area contributed by atoms with Crippen LogP contribution in [0, 0.1) is 5.82 Å². The summed E-state index contributed by atoms with van der Waals surface area (Å²) < 4.78 is 25.4. The van der Waals surface area contributed by atoms with Gasteiger partial charge in [-0.05, 0) is 46.3 Å². The fraction of sp³-hybridized carbons (Fsp3) is 0. The Morgan fingerprint density at radius 1 is 1.25 bits per heavy atom. The Morgan fingerprint density at radius 2 is 2.06 bits per heavy atom. The van der Waals surface area contributed by atoms with E-state index in [0.29, 0.717) is 14.4 Å². The molecule has 0 bridgehead atoms. The molecule has 1 aromatic carbocycles. The Hall–Kier alpha value is -1.07. The van der Waals surface area contributed by atoms with Gasteiger partial charge in [0.25, 0.3) is 0 Å². The topological polar surface area (TPSA) is 30.0 Å². The van der Waals surface area contributed by atoms with Crippen molar-refractivity contribution in [2.24, 2.45) is 0 Å². The first-order valence-corrected chi connectivity index (χ1v) is 6.40. The van der Waals surface area contributed by atoms with Crippen molar-refractivity contribution in [3.63, 3.8) is 0 Å². The van der Waals surface area contributed by atoms with Gasteiger partial charge < -0.3 is 0 Å². The third-order valence-corrected chi connectivity index (χ3v) is 4.22. The van der Waals surface area contributed by atoms with Crippen LogP contribution in [0.1, 0.15) is 0 Å². The average Bonchev–Trinajstić information content (AvgIpc) is 2.29. The smallest absolute Gasteiger partial charge is 0.132 e. The molecule has 1 atom stereocenters. The molecule has 0 radical (unpaired) electrons. The Morgan fingerprint density at radius 3 is 2.69 bits per heavy atom. The minimum Gasteiger partial charge on any atom is -0.247 e. The summed E-state index contributed by atoms with van der Waals surface area (Å²) in [5.74, 6) is -0.367. The Bertz CT molecular complexity index is 533. The molecule has 0 saturated carbocycles. The highest BCUT2D eigenvalue weighted by Crippen LogP contribution is 2.24. The summed E-state index contributed by atoms with van der Waals surface area (Å²) >= 11 is 3.18. The molecule has 0 spiro atoms. The summed E-state index contributed by atoms with van der Waals surface area (Å²) in [6, 6.07) is 9.24. The minimum atomic E-state index is -1.39. The number of aromatic nitrogens is 1. The summed E-state index contributed by atoms with van der Waals surface area (Å²) in [5, 5.41) is 0.454. The molecule has 16 heavy (non-hydrogen) atoms. The van der Waals surface area contributed by atoms with E-state index in [1.807, 2.05) is 0 Å². The zero-order chi connectivity index (χ0) is 11.5. The lowest BCUT2D eigenvalue weighted by atomic mass is 10.3. The molecule has 0 aliphatic carbocycles. The van der Waals surface area contributed by atoms with Gasteiger partial charge in [-0.3, -0.25) is 0 Å². The van der Waals surface area contributed by atoms with Crippen LogP contribution in [0.4, 0.5) is 4.39 Å². The number of halogens is 2. The van der Waals surface area contributed by atoms with Crippen molar-refractivity contribution < 1.29 is 8.60 Å². The molecule has 2 aromatic rings. The van der Waals surface area contributed by atoms with E-state index in [2.05, 4.69) is 20.9 Å². The lowest BCUT2D eigenvalue weighted by Crippen LogP contribution is -1.96. The first-order valence-electron chi connectivity index (χ1n) is 4.46. The normalized spacial score (nSPS) is 12.4. The van der Waals surface area contributed by atoms with Crippen LogP contribution in [-0.4, -0.2) is 9.19 Å². The highest BCUT2D eigenvalue weighted by molar-refractivity contribution is 9.10. The van der Waals surface area contributed by atoms with Gasteiger partial charge in [-0.15, -0.1) is 0 Å². The number of pyridine rings is 1. The largest absolute Gasteiger partial charge is 0.247 e. The molecule has 2 rings (SSSR count). The van der Waals surface area contributed by atoms with Gasteiger partial charge in [0.2, 0.25) is 0 Å². The number of hydrogen-bond donors (Lipinski definition) is 0. The van der Waals surface area contributed by atoms with Gasteiger partial charge in [0.15, 0.2) is 0 Å². The number of hydrogen-bond acceptors (Lipinski definition) is 2. The third kappa shape index (κ3) is 2.36. The molecule has 5 heteroatoms. The first-order chi connectivity index (χ1) is 7.68. The van der Waals surface area contributed by atoms with Crippen LogP contribution in [0.2, 0.25) is 0 Å². The zero-order valence-corrected chi connectivity index (χ0v) is 10.5. The average molecular weight is 300 g/mol. The SMILES string of the molecule is O=S(c1ccccn1)c1ccc(F)cc1Br. The van der Waals surface area contributed by atoms with E-state index >= 15 is 0 Å². The first kappa shape index (κ1) is 11.4. The second kappa shape index (κ2) is 4.84. The van der Waals surface area contributed by atoms with Crippen LogP contribution in [0.5, 0.6) is 0 Å². The molecule has 2 nitrogen and oxygen atoms in total. The number of nitrogens with zero attached hydrogens (tertiary/aromatic N) is 1. The molecule has 0 aliphatic rings. The summed E-state index contributed by atoms with van der Waals surface area (Å²) in [6.07, 6.45) is 1.57.